The molecule has 6 nitrogen and oxygen atoms in total. The maximum atomic E-state index is 13.2. The van der Waals surface area contributed by atoms with E-state index in [0.717, 1.165) is 0 Å². The van der Waals surface area contributed by atoms with Gasteiger partial charge in [0.1, 0.15) is 17.6 Å². The van der Waals surface area contributed by atoms with Crippen molar-refractivity contribution < 1.29 is 18.7 Å². The maximum Gasteiger partial charge on any atom is 0.264 e. The minimum Gasteiger partial charge on any atom is -0.482 e. The molecule has 26 heavy (non-hydrogen) atoms. The first-order chi connectivity index (χ1) is 12.4. The van der Waals surface area contributed by atoms with Gasteiger partial charge in [0.05, 0.1) is 5.69 Å². The fourth-order valence-electron chi connectivity index (χ4n) is 2.89. The van der Waals surface area contributed by atoms with Crippen LogP contribution in [0.5, 0.6) is 5.75 Å². The molecule has 2 aromatic rings. The van der Waals surface area contributed by atoms with Crippen molar-refractivity contribution in [3.8, 4) is 5.75 Å². The average Bonchev–Trinajstić information content (AvgIpc) is 2.60. The van der Waals surface area contributed by atoms with Gasteiger partial charge < -0.3 is 15.0 Å². The quantitative estimate of drug-likeness (QED) is 0.913. The van der Waals surface area contributed by atoms with Crippen LogP contribution < -0.4 is 15.0 Å². The van der Waals surface area contributed by atoms with Crippen molar-refractivity contribution in [3.05, 3.63) is 53.8 Å². The van der Waals surface area contributed by atoms with Gasteiger partial charge in [-0.05, 0) is 50.0 Å². The lowest BCUT2D eigenvalue weighted by Crippen LogP contribution is -2.35. The number of carbonyl (C=O) groups is 2. The molecule has 136 valence electrons. The Balaban J connectivity index is 1.84. The number of halogens is 1. The first-order valence-electron chi connectivity index (χ1n) is 8.13. The van der Waals surface area contributed by atoms with Crippen molar-refractivity contribution >= 4 is 23.2 Å². The second-order valence-corrected chi connectivity index (χ2v) is 6.33. The molecule has 1 aliphatic rings. The number of nitrogens with zero attached hydrogens (tertiary/aromatic N) is 2. The van der Waals surface area contributed by atoms with E-state index in [-0.39, 0.29) is 24.2 Å². The Bertz CT molecular complexity index is 836. The number of amides is 2. The number of hydrogen-bond donors (Lipinski definition) is 1. The molecule has 0 fully saturated rings. The number of benzene rings is 2. The van der Waals surface area contributed by atoms with E-state index in [2.05, 4.69) is 5.32 Å². The zero-order chi connectivity index (χ0) is 18.8. The molecule has 0 spiro atoms. The number of anilines is 2. The summed E-state index contributed by atoms with van der Waals surface area (Å²) in [4.78, 5) is 27.8. The summed E-state index contributed by atoms with van der Waals surface area (Å²) in [5.41, 5.74) is 1.83. The predicted octanol–water partition coefficient (Wildman–Crippen LogP) is 2.42. The monoisotopic (exact) mass is 357 g/mol. The molecular weight excluding hydrogens is 337 g/mol. The zero-order valence-corrected chi connectivity index (χ0v) is 14.8. The smallest absolute Gasteiger partial charge is 0.264 e. The zero-order valence-electron chi connectivity index (χ0n) is 14.8. The van der Waals surface area contributed by atoms with Gasteiger partial charge in [-0.25, -0.2) is 4.39 Å². The molecule has 0 aromatic heterocycles. The van der Waals surface area contributed by atoms with Crippen LogP contribution >= 0.6 is 0 Å². The SMILES string of the molecule is CN1C(=O)COc2ccc(NC(=O)[C@@H](c3ccc(F)cc3)N(C)C)cc21. The summed E-state index contributed by atoms with van der Waals surface area (Å²) >= 11 is 0. The molecule has 7 heteroatoms. The third kappa shape index (κ3) is 3.52. The van der Waals surface area contributed by atoms with E-state index < -0.39 is 6.04 Å². The largest absolute Gasteiger partial charge is 0.482 e. The Hall–Kier alpha value is -2.93. The van der Waals surface area contributed by atoms with Crippen molar-refractivity contribution in [3.63, 3.8) is 0 Å². The Kier molecular flexibility index (Phi) is 4.90. The molecule has 0 aliphatic carbocycles. The number of likely N-dealkylation sites (N-methyl/N-ethyl adjacent to an activating group) is 2. The van der Waals surface area contributed by atoms with Crippen LogP contribution in [-0.4, -0.2) is 44.5 Å². The van der Waals surface area contributed by atoms with E-state index in [1.807, 2.05) is 0 Å². The number of nitrogens with one attached hydrogen (secondary N) is 1. The van der Waals surface area contributed by atoms with Gasteiger partial charge in [-0.3, -0.25) is 14.5 Å². The minimum absolute atomic E-state index is 0.00246. The molecule has 0 saturated carbocycles. The van der Waals surface area contributed by atoms with E-state index in [1.165, 1.54) is 17.0 Å². The summed E-state index contributed by atoms with van der Waals surface area (Å²) in [5, 5.41) is 2.85. The molecule has 2 aromatic carbocycles. The van der Waals surface area contributed by atoms with E-state index >= 15 is 0 Å². The Morgan fingerprint density at radius 3 is 2.58 bits per heavy atom. The predicted molar refractivity (Wildman–Crippen MR) is 96.8 cm³/mol. The molecule has 1 atom stereocenters. The van der Waals surface area contributed by atoms with Crippen molar-refractivity contribution in [1.29, 1.82) is 0 Å². The Morgan fingerprint density at radius 1 is 1.23 bits per heavy atom. The van der Waals surface area contributed by atoms with Gasteiger partial charge in [-0.2, -0.15) is 0 Å². The van der Waals surface area contributed by atoms with Crippen LogP contribution in [0.1, 0.15) is 11.6 Å². The van der Waals surface area contributed by atoms with E-state index in [0.29, 0.717) is 22.7 Å². The Morgan fingerprint density at radius 2 is 1.92 bits per heavy atom. The van der Waals surface area contributed by atoms with Crippen LogP contribution in [0.15, 0.2) is 42.5 Å². The van der Waals surface area contributed by atoms with Crippen molar-refractivity contribution in [1.82, 2.24) is 4.90 Å². The van der Waals surface area contributed by atoms with Crippen LogP contribution in [-0.2, 0) is 9.59 Å². The van der Waals surface area contributed by atoms with Gasteiger partial charge in [-0.15, -0.1) is 0 Å². The fourth-order valence-corrected chi connectivity index (χ4v) is 2.89. The van der Waals surface area contributed by atoms with Crippen LogP contribution in [0, 0.1) is 5.82 Å². The molecule has 2 amide bonds. The van der Waals surface area contributed by atoms with Crippen LogP contribution in [0.3, 0.4) is 0 Å². The number of rotatable bonds is 4. The molecule has 1 heterocycles. The summed E-state index contributed by atoms with van der Waals surface area (Å²) < 4.78 is 18.6. The lowest BCUT2D eigenvalue weighted by molar-refractivity contribution is -0.121. The fraction of sp³-hybridized carbons (Fsp3) is 0.263. The normalized spacial score (nSPS) is 14.7. The van der Waals surface area contributed by atoms with Gasteiger partial charge in [0, 0.05) is 12.7 Å². The second-order valence-electron chi connectivity index (χ2n) is 6.33. The molecule has 1 N–H and O–H groups in total. The van der Waals surface area contributed by atoms with Crippen LogP contribution in [0.2, 0.25) is 0 Å². The van der Waals surface area contributed by atoms with Crippen molar-refractivity contribution in [2.75, 3.05) is 38.0 Å². The summed E-state index contributed by atoms with van der Waals surface area (Å²) in [7, 11) is 5.22. The van der Waals surface area contributed by atoms with Crippen LogP contribution in [0.25, 0.3) is 0 Å². The standard InChI is InChI=1S/C19H20FN3O3/c1-22(2)18(12-4-6-13(20)7-5-12)19(25)21-14-8-9-16-15(10-14)23(3)17(24)11-26-16/h4-10,18H,11H2,1-3H3,(H,21,25)/t18-/m1/s1. The number of fused-ring (bicyclic) bond motifs is 1. The van der Waals surface area contributed by atoms with Crippen molar-refractivity contribution in [2.45, 2.75) is 6.04 Å². The highest BCUT2D eigenvalue weighted by Crippen LogP contribution is 2.34. The van der Waals surface area contributed by atoms with Crippen molar-refractivity contribution in [2.24, 2.45) is 0 Å². The van der Waals surface area contributed by atoms with Gasteiger partial charge in [0.25, 0.3) is 5.91 Å². The maximum absolute atomic E-state index is 13.2. The van der Waals surface area contributed by atoms with E-state index in [4.69, 9.17) is 4.74 Å². The van der Waals surface area contributed by atoms with Gasteiger partial charge >= 0.3 is 0 Å². The first-order valence-corrected chi connectivity index (χ1v) is 8.13. The summed E-state index contributed by atoms with van der Waals surface area (Å²) in [6.07, 6.45) is 0. The number of ether oxygens (including phenoxy) is 1. The number of hydrogen-bond acceptors (Lipinski definition) is 4. The summed E-state index contributed by atoms with van der Waals surface area (Å²) in [5.74, 6) is -0.174. The van der Waals surface area contributed by atoms with Gasteiger partial charge in [0.15, 0.2) is 6.61 Å². The summed E-state index contributed by atoms with van der Waals surface area (Å²) in [6, 6.07) is 10.4. The Labute approximate surface area is 151 Å². The molecule has 0 saturated heterocycles. The van der Waals surface area contributed by atoms with E-state index in [9.17, 15) is 14.0 Å². The average molecular weight is 357 g/mol. The molecule has 3 rings (SSSR count). The highest BCUT2D eigenvalue weighted by molar-refractivity contribution is 6.00. The molecule has 0 radical (unpaired) electrons. The lowest BCUT2D eigenvalue weighted by atomic mass is 10.0. The third-order valence-corrected chi connectivity index (χ3v) is 4.26. The molecule has 1 aliphatic heterocycles. The molecule has 0 unspecified atom stereocenters. The highest BCUT2D eigenvalue weighted by atomic mass is 19.1. The highest BCUT2D eigenvalue weighted by Gasteiger charge is 2.25. The van der Waals surface area contributed by atoms with Crippen LogP contribution in [0.4, 0.5) is 15.8 Å². The minimum atomic E-state index is -0.581. The summed E-state index contributed by atoms with van der Waals surface area (Å²) in [6.45, 7) is 0.00246. The molecular formula is C19H20FN3O3. The second kappa shape index (κ2) is 7.13. The first kappa shape index (κ1) is 17.9. The lowest BCUT2D eigenvalue weighted by Gasteiger charge is -2.27. The van der Waals surface area contributed by atoms with E-state index in [1.54, 1.807) is 56.4 Å². The number of carbonyl (C=O) groups excluding carboxylic acids is 2. The van der Waals surface area contributed by atoms with Gasteiger partial charge in [-0.1, -0.05) is 12.1 Å². The third-order valence-electron chi connectivity index (χ3n) is 4.26. The topological polar surface area (TPSA) is 61.9 Å². The van der Waals surface area contributed by atoms with Gasteiger partial charge in [0.2, 0.25) is 5.91 Å². The molecule has 0 bridgehead atoms.